The number of thioether (sulfide) groups is 1. The van der Waals surface area contributed by atoms with Crippen LogP contribution in [0.15, 0.2) is 82.2 Å². The Hall–Kier alpha value is -2.63. The lowest BCUT2D eigenvalue weighted by molar-refractivity contribution is -0.122. The summed E-state index contributed by atoms with van der Waals surface area (Å²) < 4.78 is 5.16. The number of hydrogen-bond acceptors (Lipinski definition) is 4. The lowest BCUT2D eigenvalue weighted by Crippen LogP contribution is -2.32. The van der Waals surface area contributed by atoms with Crippen molar-refractivity contribution in [3.63, 3.8) is 0 Å². The minimum absolute atomic E-state index is 0.0347. The van der Waals surface area contributed by atoms with Crippen LogP contribution in [0.25, 0.3) is 6.08 Å². The van der Waals surface area contributed by atoms with Gasteiger partial charge >= 0.3 is 0 Å². The van der Waals surface area contributed by atoms with E-state index in [0.717, 1.165) is 16.8 Å². The second kappa shape index (κ2) is 9.35. The van der Waals surface area contributed by atoms with E-state index >= 15 is 0 Å². The van der Waals surface area contributed by atoms with Crippen LogP contribution in [0.3, 0.4) is 0 Å². The largest absolute Gasteiger partial charge is 0.383 e. The van der Waals surface area contributed by atoms with Gasteiger partial charge in [-0.3, -0.25) is 9.69 Å². The molecule has 1 aliphatic rings. The molecule has 0 unspecified atom stereocenters. The third-order valence-electron chi connectivity index (χ3n) is 3.94. The number of rotatable bonds is 6. The van der Waals surface area contributed by atoms with Gasteiger partial charge in [0.2, 0.25) is 0 Å². The SMILES string of the molecule is COCCN1C(=O)C(=CC(C)=Cc2ccccc2)SC1=Nc1ccccc1. The molecule has 1 aliphatic heterocycles. The van der Waals surface area contributed by atoms with Crippen molar-refractivity contribution in [3.05, 3.63) is 82.8 Å². The van der Waals surface area contributed by atoms with E-state index in [2.05, 4.69) is 11.1 Å². The Bertz CT molecular complexity index is 874. The number of ether oxygens (including phenoxy) is 1. The number of benzene rings is 2. The fourth-order valence-corrected chi connectivity index (χ4v) is 3.72. The summed E-state index contributed by atoms with van der Waals surface area (Å²) in [6, 6.07) is 19.7. The summed E-state index contributed by atoms with van der Waals surface area (Å²) in [5, 5.41) is 0.682. The number of methoxy groups -OCH3 is 1. The smallest absolute Gasteiger partial charge is 0.266 e. The molecule has 2 aromatic rings. The predicted octanol–water partition coefficient (Wildman–Crippen LogP) is 4.88. The molecule has 1 fully saturated rings. The van der Waals surface area contributed by atoms with Gasteiger partial charge in [-0.05, 0) is 48.0 Å². The number of carbonyl (C=O) groups is 1. The second-order valence-electron chi connectivity index (χ2n) is 6.09. The summed E-state index contributed by atoms with van der Waals surface area (Å²) in [4.78, 5) is 19.9. The highest BCUT2D eigenvalue weighted by Gasteiger charge is 2.33. The highest BCUT2D eigenvalue weighted by molar-refractivity contribution is 8.18. The maximum absolute atomic E-state index is 12.9. The topological polar surface area (TPSA) is 41.9 Å². The zero-order valence-electron chi connectivity index (χ0n) is 15.5. The van der Waals surface area contributed by atoms with Crippen molar-refractivity contribution in [3.8, 4) is 0 Å². The Morgan fingerprint density at radius 1 is 1.11 bits per heavy atom. The zero-order valence-corrected chi connectivity index (χ0v) is 16.3. The molecular weight excluding hydrogens is 356 g/mol. The normalized spacial score (nSPS) is 17.9. The summed E-state index contributed by atoms with van der Waals surface area (Å²) >= 11 is 1.40. The number of hydrogen-bond donors (Lipinski definition) is 0. The van der Waals surface area contributed by atoms with Crippen molar-refractivity contribution in [2.24, 2.45) is 4.99 Å². The molecule has 138 valence electrons. The number of allylic oxidation sites excluding steroid dienone is 2. The van der Waals surface area contributed by atoms with Crippen LogP contribution in [0.2, 0.25) is 0 Å². The molecule has 0 atom stereocenters. The summed E-state index contributed by atoms with van der Waals surface area (Å²) in [6.07, 6.45) is 3.99. The molecule has 3 rings (SSSR count). The van der Waals surface area contributed by atoms with E-state index < -0.39 is 0 Å². The van der Waals surface area contributed by atoms with Gasteiger partial charge in [0.25, 0.3) is 5.91 Å². The van der Waals surface area contributed by atoms with E-state index in [0.29, 0.717) is 23.2 Å². The molecule has 0 saturated carbocycles. The molecule has 5 heteroatoms. The van der Waals surface area contributed by atoms with Gasteiger partial charge in [0, 0.05) is 7.11 Å². The first-order valence-corrected chi connectivity index (χ1v) is 9.56. The minimum atomic E-state index is -0.0347. The summed E-state index contributed by atoms with van der Waals surface area (Å²) in [5.74, 6) is -0.0347. The Morgan fingerprint density at radius 2 is 1.78 bits per heavy atom. The van der Waals surface area contributed by atoms with Gasteiger partial charge in [0.15, 0.2) is 5.17 Å². The molecule has 0 aliphatic carbocycles. The van der Waals surface area contributed by atoms with Crippen LogP contribution >= 0.6 is 11.8 Å². The first kappa shape index (κ1) is 19.1. The first-order valence-electron chi connectivity index (χ1n) is 8.75. The van der Waals surface area contributed by atoms with Crippen LogP contribution in [-0.4, -0.2) is 36.2 Å². The van der Waals surface area contributed by atoms with E-state index in [1.807, 2.05) is 73.7 Å². The van der Waals surface area contributed by atoms with E-state index in [9.17, 15) is 4.79 Å². The average molecular weight is 378 g/mol. The molecule has 0 bridgehead atoms. The summed E-state index contributed by atoms with van der Waals surface area (Å²) in [6.45, 7) is 2.94. The molecule has 0 spiro atoms. The molecule has 1 saturated heterocycles. The highest BCUT2D eigenvalue weighted by atomic mass is 32.2. The third-order valence-corrected chi connectivity index (χ3v) is 4.95. The molecule has 0 N–H and O–H groups in total. The van der Waals surface area contributed by atoms with Crippen molar-refractivity contribution in [2.75, 3.05) is 20.3 Å². The van der Waals surface area contributed by atoms with Crippen LogP contribution in [0, 0.1) is 0 Å². The predicted molar refractivity (Wildman–Crippen MR) is 113 cm³/mol. The Morgan fingerprint density at radius 3 is 2.44 bits per heavy atom. The molecule has 1 amide bonds. The fourth-order valence-electron chi connectivity index (χ4n) is 2.64. The summed E-state index contributed by atoms with van der Waals surface area (Å²) in [5.41, 5.74) is 2.95. The first-order chi connectivity index (χ1) is 13.2. The summed E-state index contributed by atoms with van der Waals surface area (Å²) in [7, 11) is 1.63. The molecule has 1 heterocycles. The van der Waals surface area contributed by atoms with Gasteiger partial charge in [0.1, 0.15) is 0 Å². The van der Waals surface area contributed by atoms with E-state index in [4.69, 9.17) is 4.74 Å². The molecule has 4 nitrogen and oxygen atoms in total. The number of amidine groups is 1. The lowest BCUT2D eigenvalue weighted by atomic mass is 10.1. The monoisotopic (exact) mass is 378 g/mol. The number of carbonyl (C=O) groups excluding carboxylic acids is 1. The number of aliphatic imine (C=N–C) groups is 1. The van der Waals surface area contributed by atoms with Crippen molar-refractivity contribution >= 4 is 34.6 Å². The highest BCUT2D eigenvalue weighted by Crippen LogP contribution is 2.33. The Balaban J connectivity index is 1.87. The third kappa shape index (κ3) is 5.18. The average Bonchev–Trinajstić information content (AvgIpc) is 2.96. The molecular formula is C22H22N2O2S. The number of nitrogens with zero attached hydrogens (tertiary/aromatic N) is 2. The standard InChI is InChI=1S/C22H22N2O2S/c1-17(15-18-9-5-3-6-10-18)16-20-21(25)24(13-14-26-2)22(27-20)23-19-11-7-4-8-12-19/h3-12,15-16H,13-14H2,1-2H3. The van der Waals surface area contributed by atoms with Gasteiger partial charge in [0.05, 0.1) is 23.7 Å². The maximum Gasteiger partial charge on any atom is 0.266 e. The van der Waals surface area contributed by atoms with E-state index in [-0.39, 0.29) is 5.91 Å². The van der Waals surface area contributed by atoms with Crippen molar-refractivity contribution in [2.45, 2.75) is 6.92 Å². The Labute approximate surface area is 164 Å². The van der Waals surface area contributed by atoms with E-state index in [1.54, 1.807) is 12.0 Å². The van der Waals surface area contributed by atoms with Crippen LogP contribution in [0.1, 0.15) is 12.5 Å². The lowest BCUT2D eigenvalue weighted by Gasteiger charge is -2.14. The fraction of sp³-hybridized carbons (Fsp3) is 0.182. The quantitative estimate of drug-likeness (QED) is 0.673. The zero-order chi connectivity index (χ0) is 19.1. The number of amides is 1. The van der Waals surface area contributed by atoms with Gasteiger partial charge in [-0.1, -0.05) is 54.6 Å². The van der Waals surface area contributed by atoms with Crippen LogP contribution < -0.4 is 0 Å². The molecule has 0 radical (unpaired) electrons. The molecule has 2 aromatic carbocycles. The van der Waals surface area contributed by atoms with Crippen molar-refractivity contribution < 1.29 is 9.53 Å². The van der Waals surface area contributed by atoms with Crippen molar-refractivity contribution in [1.82, 2.24) is 4.90 Å². The molecule has 27 heavy (non-hydrogen) atoms. The maximum atomic E-state index is 12.9. The van der Waals surface area contributed by atoms with Crippen LogP contribution in [-0.2, 0) is 9.53 Å². The van der Waals surface area contributed by atoms with Gasteiger partial charge in [-0.25, -0.2) is 4.99 Å². The van der Waals surface area contributed by atoms with Crippen LogP contribution in [0.5, 0.6) is 0 Å². The van der Waals surface area contributed by atoms with Gasteiger partial charge in [-0.15, -0.1) is 0 Å². The van der Waals surface area contributed by atoms with Crippen LogP contribution in [0.4, 0.5) is 5.69 Å². The van der Waals surface area contributed by atoms with Gasteiger partial charge < -0.3 is 4.74 Å². The van der Waals surface area contributed by atoms with E-state index in [1.165, 1.54) is 11.8 Å². The van der Waals surface area contributed by atoms with Gasteiger partial charge in [-0.2, -0.15) is 0 Å². The minimum Gasteiger partial charge on any atom is -0.383 e. The Kier molecular flexibility index (Phi) is 6.63. The molecule has 0 aromatic heterocycles. The number of para-hydroxylation sites is 1. The second-order valence-corrected chi connectivity index (χ2v) is 7.10. The van der Waals surface area contributed by atoms with Crippen molar-refractivity contribution in [1.29, 1.82) is 0 Å².